The van der Waals surface area contributed by atoms with Crippen molar-refractivity contribution in [3.05, 3.63) is 57.4 Å². The van der Waals surface area contributed by atoms with E-state index < -0.39 is 183 Å². The van der Waals surface area contributed by atoms with Crippen LogP contribution in [0.3, 0.4) is 0 Å². The van der Waals surface area contributed by atoms with Crippen molar-refractivity contribution in [2.45, 2.75) is 27.9 Å². The quantitative estimate of drug-likeness (QED) is 0.0405. The maximum absolute atomic E-state index is 14.4. The van der Waals surface area contributed by atoms with Crippen molar-refractivity contribution in [3.8, 4) is 22.5 Å². The predicted octanol–water partition coefficient (Wildman–Crippen LogP) is -1.71. The molecule has 12 N–H and O–H groups in total. The summed E-state index contributed by atoms with van der Waals surface area (Å²) < 4.78 is 155. The third kappa shape index (κ3) is 11.1. The number of hydrogen-bond acceptors (Lipinski definition) is 16. The van der Waals surface area contributed by atoms with Crippen molar-refractivity contribution >= 4 is 115 Å². The van der Waals surface area contributed by atoms with E-state index in [1.807, 2.05) is 5.32 Å². The lowest BCUT2D eigenvalue weighted by Crippen LogP contribution is -2.60. The van der Waals surface area contributed by atoms with E-state index in [0.717, 1.165) is 36.4 Å². The fourth-order valence-corrected chi connectivity index (χ4v) is 11.4. The van der Waals surface area contributed by atoms with Gasteiger partial charge in [-0.3, -0.25) is 28.9 Å². The van der Waals surface area contributed by atoms with Crippen LogP contribution in [-0.2, 0) is 65.7 Å². The van der Waals surface area contributed by atoms with E-state index in [-0.39, 0.29) is 10.4 Å². The molecule has 3 amide bonds. The summed E-state index contributed by atoms with van der Waals surface area (Å²) in [5.41, 5.74) is 2.75. The largest absolute Gasteiger partial charge is 0.478 e. The zero-order valence-corrected chi connectivity index (χ0v) is 36.7. The standard InChI is InChI=1S/C31H31Cl2N7O18S5/c32-14-3-4-15(33)23(31(44)45)22(14)21-12-1-5-16(34)26-24(12)58-25-13(21)2-6-17(35)27(25)63(56,57)40-20(11-61(51,52)53)30(43)39-19(10-60(48,49)50)29(42)38-18(9-59(46)47)28(41)36-7-8-37-62(26,54)55/h1-6,18-20,35,37,40H,7-11,34H2,(H,36,41)(H,38,42)(H,39,43)(H,44,45)(H,46,47)(H,48,49,50)(H,51,52,53). The predicted molar refractivity (Wildman–Crippen MR) is 220 cm³/mol. The van der Waals surface area contributed by atoms with Crippen LogP contribution < -0.4 is 36.5 Å². The zero-order chi connectivity index (χ0) is 47.1. The van der Waals surface area contributed by atoms with E-state index in [2.05, 4.69) is 10.0 Å². The number of carbonyl (C=O) groups is 4. The number of carbonyl (C=O) groups excluding carboxylic acids is 3. The van der Waals surface area contributed by atoms with Gasteiger partial charge in [0.2, 0.25) is 37.8 Å². The molecular weight excluding hydrogens is 990 g/mol. The Morgan fingerprint density at radius 2 is 1.41 bits per heavy atom. The van der Waals surface area contributed by atoms with Gasteiger partial charge >= 0.3 is 5.97 Å². The lowest BCUT2D eigenvalue weighted by atomic mass is 9.90. The first kappa shape index (κ1) is 49.2. The Labute approximate surface area is 367 Å². The van der Waals surface area contributed by atoms with Gasteiger partial charge in [-0.15, -0.1) is 0 Å². The number of rotatable bonds is 8. The van der Waals surface area contributed by atoms with Gasteiger partial charge < -0.3 is 35.8 Å². The van der Waals surface area contributed by atoms with E-state index in [1.54, 1.807) is 10.0 Å². The lowest BCUT2D eigenvalue weighted by Gasteiger charge is -2.25. The summed E-state index contributed by atoms with van der Waals surface area (Å²) in [5, 5.41) is 22.5. The molecule has 3 aliphatic rings. The van der Waals surface area contributed by atoms with Gasteiger partial charge in [-0.05, 0) is 36.4 Å². The molecule has 342 valence electrons. The van der Waals surface area contributed by atoms with Gasteiger partial charge in [-0.25, -0.2) is 30.6 Å². The SMILES string of the molecule is N=c1ccc2c(-c3c(Cl)ccc(Cl)c3C(=O)O)c3ccc(N)c4c3oc-2c1S(=O)(=O)NC(CS(=O)(=O)O)C(=O)NC(CS(=O)(=O)O)C(=O)NC(CS(=O)O)C(=O)NCCNS4(=O)=O. The first-order valence-electron chi connectivity index (χ1n) is 17.0. The molecule has 1 aliphatic carbocycles. The summed E-state index contributed by atoms with van der Waals surface area (Å²) in [6.07, 6.45) is 0. The topological polar surface area (TPSA) is 426 Å². The van der Waals surface area contributed by atoms with E-state index in [1.165, 1.54) is 0 Å². The Hall–Kier alpha value is -4.86. The number of amides is 3. The van der Waals surface area contributed by atoms with E-state index in [9.17, 15) is 75.8 Å². The Balaban J connectivity index is 1.90. The third-order valence-corrected chi connectivity index (χ3v) is 14.6. The number of benzene rings is 3. The molecule has 25 nitrogen and oxygen atoms in total. The monoisotopic (exact) mass is 1020 g/mol. The smallest absolute Gasteiger partial charge is 0.337 e. The molecule has 0 spiro atoms. The van der Waals surface area contributed by atoms with E-state index >= 15 is 0 Å². The number of halogens is 2. The summed E-state index contributed by atoms with van der Waals surface area (Å²) in [7, 11) is -21.4. The van der Waals surface area contributed by atoms with Crippen LogP contribution in [0.1, 0.15) is 10.4 Å². The molecule has 63 heavy (non-hydrogen) atoms. The Morgan fingerprint density at radius 1 is 0.825 bits per heavy atom. The van der Waals surface area contributed by atoms with Crippen molar-refractivity contribution in [3.63, 3.8) is 0 Å². The highest BCUT2D eigenvalue weighted by atomic mass is 35.5. The number of carboxylic acids is 1. The molecule has 2 aromatic rings. The van der Waals surface area contributed by atoms with Gasteiger partial charge in [0.15, 0.2) is 27.3 Å². The highest BCUT2D eigenvalue weighted by molar-refractivity contribution is 7.90. The number of anilines is 1. The van der Waals surface area contributed by atoms with Gasteiger partial charge in [-0.1, -0.05) is 23.2 Å². The van der Waals surface area contributed by atoms with Crippen molar-refractivity contribution in [1.29, 1.82) is 5.41 Å². The molecule has 0 fully saturated rings. The molecule has 2 heterocycles. The highest BCUT2D eigenvalue weighted by Gasteiger charge is 2.39. The molecule has 2 bridgehead atoms. The number of nitrogens with one attached hydrogen (secondary N) is 6. The van der Waals surface area contributed by atoms with Crippen molar-refractivity contribution < 1.29 is 80.2 Å². The molecule has 4 atom stereocenters. The average molecular weight is 1020 g/mol. The fraction of sp³-hybridized carbons (Fsp3) is 0.258. The van der Waals surface area contributed by atoms with Gasteiger partial charge in [0.1, 0.15) is 34.5 Å². The molecule has 5 rings (SSSR count). The summed E-state index contributed by atoms with van der Waals surface area (Å²) in [6.45, 7) is -1.40. The second kappa shape index (κ2) is 18.3. The first-order chi connectivity index (χ1) is 29.0. The van der Waals surface area contributed by atoms with Crippen LogP contribution in [0.2, 0.25) is 10.0 Å². The normalized spacial score (nSPS) is 20.8. The van der Waals surface area contributed by atoms with Crippen molar-refractivity contribution in [2.24, 2.45) is 0 Å². The Kier molecular flexibility index (Phi) is 14.3. The molecular formula is C31H31Cl2N7O18S5. The third-order valence-electron chi connectivity index (χ3n) is 8.76. The molecule has 32 heteroatoms. The molecule has 4 unspecified atom stereocenters. The van der Waals surface area contributed by atoms with Crippen LogP contribution in [0, 0.1) is 5.41 Å². The highest BCUT2D eigenvalue weighted by Crippen LogP contribution is 2.48. The maximum atomic E-state index is 14.4. The Bertz CT molecular complexity index is 3110. The second-order valence-electron chi connectivity index (χ2n) is 13.2. The molecule has 0 aromatic heterocycles. The minimum Gasteiger partial charge on any atom is -0.478 e. The minimum atomic E-state index is -5.66. The van der Waals surface area contributed by atoms with E-state index in [0.29, 0.717) is 0 Å². The summed E-state index contributed by atoms with van der Waals surface area (Å²) in [5.74, 6) is -12.4. The van der Waals surface area contributed by atoms with Gasteiger partial charge in [0.05, 0.1) is 27.4 Å². The zero-order valence-electron chi connectivity index (χ0n) is 31.1. The van der Waals surface area contributed by atoms with Crippen molar-refractivity contribution in [2.75, 3.05) is 36.1 Å². The summed E-state index contributed by atoms with van der Waals surface area (Å²) >= 11 is 9.98. The first-order valence-corrected chi connectivity index (χ1v) is 25.2. The molecule has 0 saturated carbocycles. The summed E-state index contributed by atoms with van der Waals surface area (Å²) in [4.78, 5) is 50.6. The number of sulfonamides is 2. The number of nitrogen functional groups attached to an aromatic ring is 1. The molecule has 0 saturated heterocycles. The van der Waals surface area contributed by atoms with Crippen LogP contribution in [0.15, 0.2) is 50.6 Å². The minimum absolute atomic E-state index is 0.322. The van der Waals surface area contributed by atoms with Crippen LogP contribution in [0.25, 0.3) is 33.4 Å². The van der Waals surface area contributed by atoms with Crippen LogP contribution >= 0.6 is 23.2 Å². The lowest BCUT2D eigenvalue weighted by molar-refractivity contribution is -0.131. The number of nitrogens with two attached hydrogens (primary N) is 1. The van der Waals surface area contributed by atoms with Gasteiger partial charge in [-0.2, -0.15) is 21.6 Å². The fourth-order valence-electron chi connectivity index (χ4n) is 6.25. The van der Waals surface area contributed by atoms with Crippen LogP contribution in [-0.4, -0.2) is 129 Å². The molecule has 2 aromatic carbocycles. The molecule has 0 radical (unpaired) electrons. The second-order valence-corrected chi connectivity index (χ2v) is 21.4. The van der Waals surface area contributed by atoms with E-state index in [4.69, 9.17) is 38.8 Å². The van der Waals surface area contributed by atoms with Crippen LogP contribution in [0.5, 0.6) is 0 Å². The maximum Gasteiger partial charge on any atom is 0.337 e. The van der Waals surface area contributed by atoms with Gasteiger partial charge in [0, 0.05) is 40.2 Å². The molecule has 2 aliphatic heterocycles. The summed E-state index contributed by atoms with van der Waals surface area (Å²) in [6, 6.07) is -1.16. The average Bonchev–Trinajstić information content (AvgIpc) is 3.13. The number of carboxylic acid groups (broad SMARTS) is 1. The number of hydrogen-bond donors (Lipinski definition) is 11. The van der Waals surface area contributed by atoms with Crippen LogP contribution in [0.4, 0.5) is 5.69 Å². The Morgan fingerprint density at radius 3 is 2.02 bits per heavy atom. The van der Waals surface area contributed by atoms with Gasteiger partial charge in [0.25, 0.3) is 20.2 Å². The number of aromatic carboxylic acids is 1. The van der Waals surface area contributed by atoms with Crippen molar-refractivity contribution in [1.82, 2.24) is 25.4 Å².